The number of carbonyl (C=O) groups is 3. The summed E-state index contributed by atoms with van der Waals surface area (Å²) in [4.78, 5) is 38.2. The highest BCUT2D eigenvalue weighted by Gasteiger charge is 2.19. The third-order valence-corrected chi connectivity index (χ3v) is 14.6. The van der Waals surface area contributed by atoms with E-state index in [-0.39, 0.29) is 31.6 Å². The molecule has 0 spiro atoms. The zero-order valence-corrected chi connectivity index (χ0v) is 52.6. The third kappa shape index (κ3) is 64.9. The van der Waals surface area contributed by atoms with E-state index in [2.05, 4.69) is 118 Å². The van der Waals surface area contributed by atoms with Gasteiger partial charge in [-0.3, -0.25) is 14.4 Å². The van der Waals surface area contributed by atoms with Gasteiger partial charge in [-0.05, 0) is 83.5 Å². The van der Waals surface area contributed by atoms with Crippen LogP contribution in [0.3, 0.4) is 0 Å². The molecular formula is C74H126O6. The molecular weight excluding hydrogens is 985 g/mol. The van der Waals surface area contributed by atoms with E-state index in [9.17, 15) is 14.4 Å². The second kappa shape index (κ2) is 67.6. The Bertz CT molecular complexity index is 1610. The number of rotatable bonds is 61. The van der Waals surface area contributed by atoms with Crippen molar-refractivity contribution in [1.82, 2.24) is 0 Å². The van der Waals surface area contributed by atoms with E-state index in [0.29, 0.717) is 12.8 Å². The summed E-state index contributed by atoms with van der Waals surface area (Å²) in [6.07, 6.45) is 93.0. The van der Waals surface area contributed by atoms with Gasteiger partial charge < -0.3 is 14.2 Å². The molecule has 0 radical (unpaired) electrons. The molecule has 0 heterocycles. The average Bonchev–Trinajstić information content (AvgIpc) is 3.46. The Morgan fingerprint density at radius 2 is 0.525 bits per heavy atom. The lowest BCUT2D eigenvalue weighted by atomic mass is 10.0. The van der Waals surface area contributed by atoms with Crippen LogP contribution in [0.5, 0.6) is 0 Å². The van der Waals surface area contributed by atoms with Gasteiger partial charge in [-0.15, -0.1) is 0 Å². The fourth-order valence-electron chi connectivity index (χ4n) is 9.57. The molecule has 0 fully saturated rings. The molecule has 0 aromatic heterocycles. The Morgan fingerprint density at radius 3 is 0.825 bits per heavy atom. The number of esters is 3. The predicted octanol–water partition coefficient (Wildman–Crippen LogP) is 23.4. The highest BCUT2D eigenvalue weighted by molar-refractivity contribution is 5.72. The summed E-state index contributed by atoms with van der Waals surface area (Å²) in [5.74, 6) is -1.03. The largest absolute Gasteiger partial charge is 0.462 e. The fourth-order valence-corrected chi connectivity index (χ4v) is 9.57. The molecule has 1 unspecified atom stereocenters. The minimum Gasteiger partial charge on any atom is -0.462 e. The maximum Gasteiger partial charge on any atom is 0.310 e. The molecule has 0 saturated carbocycles. The molecule has 0 saturated heterocycles. The van der Waals surface area contributed by atoms with Crippen molar-refractivity contribution in [2.75, 3.05) is 13.2 Å². The van der Waals surface area contributed by atoms with E-state index in [0.717, 1.165) is 96.3 Å². The first-order valence-corrected chi connectivity index (χ1v) is 33.9. The number of hydrogen-bond donors (Lipinski definition) is 0. The standard InChI is InChI=1S/C74H126O6/c1-4-7-10-13-16-19-22-25-27-28-29-30-31-32-33-34-35-36-37-38-39-40-41-42-43-44-45-46-48-49-52-55-58-61-64-67-73(76)79-70-71(69-78-72(75)66-63-60-57-54-51-24-21-18-15-12-9-6-3)80-74(77)68-65-62-59-56-53-50-47-26-23-20-17-14-11-8-5-2/h7-8,10-11,16-17,19-20,25-27,29-30,47,53,56,62,65,71H,4-6,9,12-15,18,21-24,28,31-46,48-52,54-55,57-61,63-64,66-70H2,1-3H3/b10-7-,11-8-,19-16-,20-17-,27-25-,30-29-,47-26-,56-53-,65-62-. The van der Waals surface area contributed by atoms with Crippen molar-refractivity contribution in [3.8, 4) is 0 Å². The zero-order valence-electron chi connectivity index (χ0n) is 52.6. The molecule has 0 aliphatic rings. The fraction of sp³-hybridized carbons (Fsp3) is 0.716. The first-order valence-electron chi connectivity index (χ1n) is 33.9. The van der Waals surface area contributed by atoms with Crippen LogP contribution in [0.25, 0.3) is 0 Å². The molecule has 6 nitrogen and oxygen atoms in total. The lowest BCUT2D eigenvalue weighted by Gasteiger charge is -2.18. The second-order valence-corrected chi connectivity index (χ2v) is 22.3. The van der Waals surface area contributed by atoms with Gasteiger partial charge in [0.05, 0.1) is 6.42 Å². The van der Waals surface area contributed by atoms with Crippen molar-refractivity contribution in [2.45, 2.75) is 329 Å². The average molecular weight is 1110 g/mol. The van der Waals surface area contributed by atoms with Crippen molar-refractivity contribution < 1.29 is 28.6 Å². The number of hydrogen-bond acceptors (Lipinski definition) is 6. The smallest absolute Gasteiger partial charge is 0.310 e. The summed E-state index contributed by atoms with van der Waals surface area (Å²) in [6, 6.07) is 0. The molecule has 0 aliphatic heterocycles. The highest BCUT2D eigenvalue weighted by atomic mass is 16.6. The summed E-state index contributed by atoms with van der Waals surface area (Å²) < 4.78 is 16.8. The Kier molecular flexibility index (Phi) is 64.3. The van der Waals surface area contributed by atoms with Gasteiger partial charge in [0, 0.05) is 12.8 Å². The van der Waals surface area contributed by atoms with Crippen molar-refractivity contribution in [1.29, 1.82) is 0 Å². The van der Waals surface area contributed by atoms with Gasteiger partial charge in [0.1, 0.15) is 13.2 Å². The van der Waals surface area contributed by atoms with E-state index in [1.165, 1.54) is 186 Å². The van der Waals surface area contributed by atoms with Crippen molar-refractivity contribution in [3.63, 3.8) is 0 Å². The first kappa shape index (κ1) is 76.1. The maximum atomic E-state index is 12.8. The topological polar surface area (TPSA) is 78.9 Å². The van der Waals surface area contributed by atoms with Crippen molar-refractivity contribution in [2.24, 2.45) is 0 Å². The summed E-state index contributed by atoms with van der Waals surface area (Å²) >= 11 is 0. The van der Waals surface area contributed by atoms with Crippen LogP contribution in [-0.2, 0) is 28.6 Å². The molecule has 0 rings (SSSR count). The number of ether oxygens (including phenoxy) is 3. The Balaban J connectivity index is 4.12. The van der Waals surface area contributed by atoms with Gasteiger partial charge in [0.2, 0.25) is 0 Å². The maximum absolute atomic E-state index is 12.8. The Morgan fingerprint density at radius 1 is 0.275 bits per heavy atom. The quantitative estimate of drug-likeness (QED) is 0.0261. The van der Waals surface area contributed by atoms with Crippen molar-refractivity contribution >= 4 is 17.9 Å². The van der Waals surface area contributed by atoms with E-state index < -0.39 is 12.1 Å². The predicted molar refractivity (Wildman–Crippen MR) is 348 cm³/mol. The molecule has 0 amide bonds. The zero-order chi connectivity index (χ0) is 57.8. The molecule has 0 bridgehead atoms. The second-order valence-electron chi connectivity index (χ2n) is 22.3. The molecule has 80 heavy (non-hydrogen) atoms. The normalized spacial score (nSPS) is 12.8. The first-order chi connectivity index (χ1) is 39.5. The van der Waals surface area contributed by atoms with Crippen molar-refractivity contribution in [3.05, 3.63) is 109 Å². The Labute approximate surface area is 495 Å². The highest BCUT2D eigenvalue weighted by Crippen LogP contribution is 2.17. The third-order valence-electron chi connectivity index (χ3n) is 14.6. The molecule has 6 heteroatoms. The van der Waals surface area contributed by atoms with Crippen LogP contribution in [0.15, 0.2) is 109 Å². The lowest BCUT2D eigenvalue weighted by Crippen LogP contribution is -2.30. The number of carbonyl (C=O) groups excluding carboxylic acids is 3. The van der Waals surface area contributed by atoms with E-state index in [4.69, 9.17) is 14.2 Å². The van der Waals surface area contributed by atoms with Gasteiger partial charge in [0.15, 0.2) is 6.10 Å². The lowest BCUT2D eigenvalue weighted by molar-refractivity contribution is -0.166. The van der Waals surface area contributed by atoms with Gasteiger partial charge >= 0.3 is 17.9 Å². The van der Waals surface area contributed by atoms with Crippen LogP contribution in [0.2, 0.25) is 0 Å². The molecule has 0 aromatic carbocycles. The van der Waals surface area contributed by atoms with Crippen LogP contribution >= 0.6 is 0 Å². The van der Waals surface area contributed by atoms with E-state index >= 15 is 0 Å². The monoisotopic (exact) mass is 1110 g/mol. The number of allylic oxidation sites excluding steroid dienone is 17. The summed E-state index contributed by atoms with van der Waals surface area (Å²) in [7, 11) is 0. The van der Waals surface area contributed by atoms with E-state index in [1.807, 2.05) is 6.08 Å². The van der Waals surface area contributed by atoms with E-state index in [1.54, 1.807) is 6.08 Å². The van der Waals surface area contributed by atoms with Gasteiger partial charge in [0.25, 0.3) is 0 Å². The van der Waals surface area contributed by atoms with Crippen LogP contribution in [0, 0.1) is 0 Å². The Hall–Kier alpha value is -3.93. The molecule has 0 aliphatic carbocycles. The summed E-state index contributed by atoms with van der Waals surface area (Å²) in [5.41, 5.74) is 0. The molecule has 1 atom stereocenters. The van der Waals surface area contributed by atoms with Crippen LogP contribution < -0.4 is 0 Å². The number of unbranched alkanes of at least 4 members (excludes halogenated alkanes) is 33. The molecule has 0 aromatic rings. The summed E-state index contributed by atoms with van der Waals surface area (Å²) in [5, 5.41) is 0. The van der Waals surface area contributed by atoms with Gasteiger partial charge in [-0.1, -0.05) is 329 Å². The molecule has 458 valence electrons. The SMILES string of the molecule is CC/C=C\C/C=C\C/C=C\C/C=C\C/C=C\CC(=O)OC(COC(=O)CCCCCCCCCCCCCC)COC(=O)CCCCCCCCCCCCCCCCCCCCCCCC/C=C\C/C=C\C/C=C\C/C=C\CC. The van der Waals surface area contributed by atoms with Crippen LogP contribution in [0.1, 0.15) is 323 Å². The van der Waals surface area contributed by atoms with Crippen LogP contribution in [0.4, 0.5) is 0 Å². The van der Waals surface area contributed by atoms with Crippen LogP contribution in [-0.4, -0.2) is 37.2 Å². The van der Waals surface area contributed by atoms with Gasteiger partial charge in [-0.2, -0.15) is 0 Å². The minimum absolute atomic E-state index is 0.0987. The van der Waals surface area contributed by atoms with Gasteiger partial charge in [-0.25, -0.2) is 0 Å². The summed E-state index contributed by atoms with van der Waals surface area (Å²) in [6.45, 7) is 6.35. The molecule has 0 N–H and O–H groups in total. The minimum atomic E-state index is -0.829.